The first-order valence-corrected chi connectivity index (χ1v) is 21.3. The minimum Gasteiger partial charge on any atom is -0.457 e. The number of aromatic nitrogens is 2. The average Bonchev–Trinajstić information content (AvgIpc) is 3.68. The lowest BCUT2D eigenvalue weighted by Crippen LogP contribution is -2.44. The molecule has 6 aromatic carbocycles. The molecule has 3 heterocycles. The number of hydrogen-bond acceptors (Lipinski definition) is 4. The number of hydrogen-bond donors (Lipinski definition) is 2. The maximum atomic E-state index is 7.00. The molecule has 298 valence electrons. The zero-order valence-electron chi connectivity index (χ0n) is 36.2. The van der Waals surface area contributed by atoms with Crippen LogP contribution in [0.1, 0.15) is 115 Å². The number of nitrogens with zero attached hydrogens (tertiary/aromatic N) is 2. The highest BCUT2D eigenvalue weighted by atomic mass is 16.5. The molecule has 1 aliphatic rings. The van der Waals surface area contributed by atoms with Gasteiger partial charge in [-0.3, -0.25) is 4.40 Å². The molecule has 0 atom stereocenters. The van der Waals surface area contributed by atoms with Crippen molar-refractivity contribution in [2.45, 2.75) is 97.8 Å². The summed E-state index contributed by atoms with van der Waals surface area (Å²) in [4.78, 5) is 5.13. The Hall–Kier alpha value is -6.07. The topological polar surface area (TPSA) is 50.6 Å². The fourth-order valence-electron chi connectivity index (χ4n) is 9.21. The van der Waals surface area contributed by atoms with Crippen LogP contribution in [-0.4, -0.2) is 9.38 Å². The summed E-state index contributed by atoms with van der Waals surface area (Å²) >= 11 is 0. The summed E-state index contributed by atoms with van der Waals surface area (Å²) in [6.45, 7) is 23.2. The first kappa shape index (κ1) is 38.4. The Kier molecular flexibility index (Phi) is 9.34. The molecule has 59 heavy (non-hydrogen) atoms. The Balaban J connectivity index is 1.21. The van der Waals surface area contributed by atoms with Gasteiger partial charge in [0.25, 0.3) is 0 Å². The third-order valence-electron chi connectivity index (χ3n) is 13.2. The van der Waals surface area contributed by atoms with E-state index in [0.717, 1.165) is 50.8 Å². The number of para-hydroxylation sites is 4. The number of imidazole rings is 1. The van der Waals surface area contributed by atoms with E-state index in [1.165, 1.54) is 49.8 Å². The lowest BCUT2D eigenvalue weighted by Gasteiger charge is -2.45. The van der Waals surface area contributed by atoms with Crippen molar-refractivity contribution in [3.63, 3.8) is 0 Å². The Morgan fingerprint density at radius 3 is 1.88 bits per heavy atom. The van der Waals surface area contributed by atoms with Gasteiger partial charge in [0.2, 0.25) is 0 Å². The number of benzene rings is 6. The molecule has 0 unspecified atom stereocenters. The minimum absolute atomic E-state index is 0.0684. The van der Waals surface area contributed by atoms with Gasteiger partial charge in [0.15, 0.2) is 0 Å². The molecule has 0 saturated heterocycles. The van der Waals surface area contributed by atoms with Crippen LogP contribution in [0.5, 0.6) is 11.5 Å². The summed E-state index contributed by atoms with van der Waals surface area (Å²) in [6, 6.07) is 43.5. The quantitative estimate of drug-likeness (QED) is 0.136. The SMILES string of the molecule is CC(C)c1cc(C(C)C)c(-c2cc(Nc3ccccc3Nc3ccccc3)cc(Oc3ccc4c(c3)c3ncc5n3c3c(cccc43)C(C)(C)C5(C)C)c2)c(C(C)C)c1. The minimum atomic E-state index is -0.119. The fraction of sp³-hybridized carbons (Fsp3) is 0.278. The summed E-state index contributed by atoms with van der Waals surface area (Å²) in [6.07, 6.45) is 2.09. The van der Waals surface area contributed by atoms with Crippen molar-refractivity contribution in [3.8, 4) is 22.6 Å². The first-order valence-electron chi connectivity index (χ1n) is 21.3. The molecule has 2 aromatic heterocycles. The van der Waals surface area contributed by atoms with Crippen LogP contribution >= 0.6 is 0 Å². The van der Waals surface area contributed by atoms with Gasteiger partial charge in [-0.05, 0) is 111 Å². The molecule has 5 heteroatoms. The second-order valence-corrected chi connectivity index (χ2v) is 18.5. The zero-order valence-corrected chi connectivity index (χ0v) is 36.2. The highest BCUT2D eigenvalue weighted by molar-refractivity contribution is 6.13. The fourth-order valence-corrected chi connectivity index (χ4v) is 9.21. The predicted molar refractivity (Wildman–Crippen MR) is 250 cm³/mol. The second-order valence-electron chi connectivity index (χ2n) is 18.5. The van der Waals surface area contributed by atoms with Crippen LogP contribution in [-0.2, 0) is 10.8 Å². The summed E-state index contributed by atoms with van der Waals surface area (Å²) < 4.78 is 9.41. The van der Waals surface area contributed by atoms with Gasteiger partial charge in [-0.1, -0.05) is 130 Å². The van der Waals surface area contributed by atoms with Crippen molar-refractivity contribution in [2.24, 2.45) is 0 Å². The molecular formula is C54H56N4O. The van der Waals surface area contributed by atoms with E-state index in [1.807, 2.05) is 18.2 Å². The number of anilines is 4. The van der Waals surface area contributed by atoms with Crippen LogP contribution < -0.4 is 15.4 Å². The van der Waals surface area contributed by atoms with Crippen molar-refractivity contribution < 1.29 is 4.74 Å². The molecule has 0 saturated carbocycles. The molecule has 8 aromatic rings. The van der Waals surface area contributed by atoms with Gasteiger partial charge in [0.05, 0.1) is 16.9 Å². The molecule has 1 aliphatic heterocycles. The molecule has 0 bridgehead atoms. The lowest BCUT2D eigenvalue weighted by molar-refractivity contribution is 0.288. The number of rotatable bonds is 10. The Morgan fingerprint density at radius 1 is 0.559 bits per heavy atom. The van der Waals surface area contributed by atoms with Gasteiger partial charge in [0.1, 0.15) is 17.1 Å². The van der Waals surface area contributed by atoms with E-state index in [4.69, 9.17) is 9.72 Å². The van der Waals surface area contributed by atoms with Crippen molar-refractivity contribution in [3.05, 3.63) is 155 Å². The Labute approximate surface area is 349 Å². The largest absolute Gasteiger partial charge is 0.457 e. The molecule has 5 nitrogen and oxygen atoms in total. The van der Waals surface area contributed by atoms with E-state index in [2.05, 4.69) is 194 Å². The highest BCUT2D eigenvalue weighted by Gasteiger charge is 2.46. The van der Waals surface area contributed by atoms with Gasteiger partial charge < -0.3 is 15.4 Å². The van der Waals surface area contributed by atoms with E-state index in [0.29, 0.717) is 17.8 Å². The third-order valence-corrected chi connectivity index (χ3v) is 13.2. The van der Waals surface area contributed by atoms with Gasteiger partial charge in [-0.25, -0.2) is 4.98 Å². The third kappa shape index (κ3) is 6.43. The van der Waals surface area contributed by atoms with Crippen molar-refractivity contribution in [1.29, 1.82) is 0 Å². The standard InChI is InChI=1S/C54H56N4O/c1-32(2)35-27-43(33(3)4)50(44(28-35)34(5)6)36-25-38(57-48-22-15-14-21-47(48)56-37-17-12-11-13-18-37)29-40(26-36)59-39-23-24-41-42-19-16-20-46-51(42)58-49(54(9,10)53(46,7)8)31-55-52(58)45(41)30-39/h11-34,56-57H,1-10H3. The van der Waals surface area contributed by atoms with Crippen LogP contribution in [0.2, 0.25) is 0 Å². The van der Waals surface area contributed by atoms with E-state index in [9.17, 15) is 0 Å². The van der Waals surface area contributed by atoms with Gasteiger partial charge in [-0.2, -0.15) is 0 Å². The average molecular weight is 777 g/mol. The summed E-state index contributed by atoms with van der Waals surface area (Å²) in [7, 11) is 0. The smallest absolute Gasteiger partial charge is 0.145 e. The van der Waals surface area contributed by atoms with Gasteiger partial charge >= 0.3 is 0 Å². The van der Waals surface area contributed by atoms with Crippen LogP contribution in [0.15, 0.2) is 128 Å². The zero-order chi connectivity index (χ0) is 41.4. The van der Waals surface area contributed by atoms with Gasteiger partial charge in [-0.15, -0.1) is 0 Å². The van der Waals surface area contributed by atoms with E-state index in [-0.39, 0.29) is 10.8 Å². The molecule has 0 radical (unpaired) electrons. The van der Waals surface area contributed by atoms with Crippen molar-refractivity contribution >= 4 is 50.1 Å². The van der Waals surface area contributed by atoms with Crippen LogP contribution in [0.3, 0.4) is 0 Å². The number of pyridine rings is 1. The normalized spacial score (nSPS) is 14.3. The van der Waals surface area contributed by atoms with Crippen molar-refractivity contribution in [2.75, 3.05) is 10.6 Å². The summed E-state index contributed by atoms with van der Waals surface area (Å²) in [5.74, 6) is 2.63. The predicted octanol–water partition coefficient (Wildman–Crippen LogP) is 15.5. The van der Waals surface area contributed by atoms with Gasteiger partial charge in [0, 0.05) is 50.9 Å². The van der Waals surface area contributed by atoms with Crippen LogP contribution in [0.25, 0.3) is 38.4 Å². The van der Waals surface area contributed by atoms with E-state index >= 15 is 0 Å². The van der Waals surface area contributed by atoms with Crippen molar-refractivity contribution in [1.82, 2.24) is 9.38 Å². The lowest BCUT2D eigenvalue weighted by atomic mass is 9.61. The molecule has 2 N–H and O–H groups in total. The molecule has 9 rings (SSSR count). The number of fused-ring (bicyclic) bond motifs is 3. The van der Waals surface area contributed by atoms with Crippen LogP contribution in [0.4, 0.5) is 22.7 Å². The molecule has 0 amide bonds. The summed E-state index contributed by atoms with van der Waals surface area (Å²) in [5.41, 5.74) is 15.1. The maximum Gasteiger partial charge on any atom is 0.145 e. The monoisotopic (exact) mass is 776 g/mol. The van der Waals surface area contributed by atoms with E-state index in [1.54, 1.807) is 0 Å². The number of nitrogens with one attached hydrogen (secondary N) is 2. The van der Waals surface area contributed by atoms with E-state index < -0.39 is 0 Å². The van der Waals surface area contributed by atoms with Crippen LogP contribution in [0, 0.1) is 0 Å². The molecule has 0 fully saturated rings. The summed E-state index contributed by atoms with van der Waals surface area (Å²) in [5, 5.41) is 10.9. The maximum absolute atomic E-state index is 7.00. The first-order chi connectivity index (χ1) is 28.2. The molecule has 0 aliphatic carbocycles. The Morgan fingerprint density at radius 2 is 1.22 bits per heavy atom. The molecular weight excluding hydrogens is 721 g/mol. The number of ether oxygens (including phenoxy) is 1. The molecule has 0 spiro atoms. The highest BCUT2D eigenvalue weighted by Crippen LogP contribution is 2.51. The Bertz CT molecular complexity index is 2870. The second kappa shape index (κ2) is 14.3.